The van der Waals surface area contributed by atoms with Crippen molar-refractivity contribution in [2.75, 3.05) is 0 Å². The second kappa shape index (κ2) is 5.63. The third-order valence-electron chi connectivity index (χ3n) is 3.48. The summed E-state index contributed by atoms with van der Waals surface area (Å²) in [6, 6.07) is 5.96. The van der Waals surface area contributed by atoms with Gasteiger partial charge in [-0.15, -0.1) is 0 Å². The Morgan fingerprint density at radius 2 is 1.94 bits per heavy atom. The Bertz CT molecular complexity index is 367. The van der Waals surface area contributed by atoms with E-state index in [4.69, 9.17) is 0 Å². The highest BCUT2D eigenvalue weighted by atomic mass is 19.1. The lowest BCUT2D eigenvalue weighted by Crippen LogP contribution is -2.25. The molecule has 1 nitrogen and oxygen atoms in total. The molecular formula is C15H21FN. The van der Waals surface area contributed by atoms with Gasteiger partial charge in [0.1, 0.15) is 5.82 Å². The molecule has 93 valence electrons. The third kappa shape index (κ3) is 3.53. The number of rotatable bonds is 4. The Hall–Kier alpha value is -0.890. The van der Waals surface area contributed by atoms with E-state index in [1.165, 1.54) is 25.7 Å². The molecule has 17 heavy (non-hydrogen) atoms. The lowest BCUT2D eigenvalue weighted by atomic mass is 10.0. The van der Waals surface area contributed by atoms with Crippen LogP contribution in [-0.4, -0.2) is 6.04 Å². The fraction of sp³-hybridized carbons (Fsp3) is 0.533. The Morgan fingerprint density at radius 1 is 1.24 bits per heavy atom. The van der Waals surface area contributed by atoms with Gasteiger partial charge in [0.25, 0.3) is 0 Å². The zero-order valence-corrected chi connectivity index (χ0v) is 10.7. The Labute approximate surface area is 103 Å². The summed E-state index contributed by atoms with van der Waals surface area (Å²) in [5.41, 5.74) is 2.06. The standard InChI is InChI=1S/C15H21FN/c1-11(2)13-7-12(8-14(16)9-13)10-17-15-5-3-4-6-15/h7-9,15,17H,3-6,10H2,1-2H3. The highest BCUT2D eigenvalue weighted by molar-refractivity contribution is 5.33. The van der Waals surface area contributed by atoms with Gasteiger partial charge in [0.2, 0.25) is 0 Å². The minimum atomic E-state index is -0.132. The molecular weight excluding hydrogens is 213 g/mol. The Kier molecular flexibility index (Phi) is 4.16. The van der Waals surface area contributed by atoms with E-state index in [0.717, 1.165) is 23.6 Å². The van der Waals surface area contributed by atoms with Crippen molar-refractivity contribution in [3.8, 4) is 0 Å². The number of halogens is 1. The topological polar surface area (TPSA) is 12.0 Å². The van der Waals surface area contributed by atoms with E-state index in [-0.39, 0.29) is 5.82 Å². The minimum Gasteiger partial charge on any atom is -0.310 e. The fourth-order valence-corrected chi connectivity index (χ4v) is 2.43. The Balaban J connectivity index is 1.99. The molecule has 0 saturated heterocycles. The fourth-order valence-electron chi connectivity index (χ4n) is 2.43. The van der Waals surface area contributed by atoms with Crippen LogP contribution in [0.15, 0.2) is 18.2 Å². The molecule has 1 N–H and O–H groups in total. The van der Waals surface area contributed by atoms with E-state index >= 15 is 0 Å². The van der Waals surface area contributed by atoms with E-state index < -0.39 is 0 Å². The summed E-state index contributed by atoms with van der Waals surface area (Å²) in [4.78, 5) is 0. The second-order valence-corrected chi connectivity index (χ2v) is 5.21. The molecule has 1 aliphatic rings. The molecule has 0 atom stereocenters. The van der Waals surface area contributed by atoms with Crippen molar-refractivity contribution >= 4 is 0 Å². The number of hydrogen-bond donors (Lipinski definition) is 1. The molecule has 1 aromatic rings. The van der Waals surface area contributed by atoms with Gasteiger partial charge < -0.3 is 5.32 Å². The largest absolute Gasteiger partial charge is 0.310 e. The molecule has 0 heterocycles. The summed E-state index contributed by atoms with van der Waals surface area (Å²) >= 11 is 0. The third-order valence-corrected chi connectivity index (χ3v) is 3.48. The molecule has 1 saturated carbocycles. The van der Waals surface area contributed by atoms with Crippen LogP contribution < -0.4 is 5.32 Å². The zero-order valence-electron chi connectivity index (χ0n) is 10.7. The van der Waals surface area contributed by atoms with Gasteiger partial charge in [0.05, 0.1) is 0 Å². The van der Waals surface area contributed by atoms with Gasteiger partial charge in [0.15, 0.2) is 0 Å². The number of nitrogens with one attached hydrogen (secondary N) is 1. The van der Waals surface area contributed by atoms with Crippen molar-refractivity contribution in [3.05, 3.63) is 41.1 Å². The van der Waals surface area contributed by atoms with Crippen LogP contribution in [0.4, 0.5) is 4.39 Å². The highest BCUT2D eigenvalue weighted by Gasteiger charge is 2.14. The lowest BCUT2D eigenvalue weighted by Gasteiger charge is -2.13. The van der Waals surface area contributed by atoms with Crippen LogP contribution in [0, 0.1) is 11.7 Å². The summed E-state index contributed by atoms with van der Waals surface area (Å²) in [5, 5.41) is 3.52. The molecule has 2 rings (SSSR count). The van der Waals surface area contributed by atoms with Crippen LogP contribution in [0.2, 0.25) is 0 Å². The summed E-state index contributed by atoms with van der Waals surface area (Å²) in [6.45, 7) is 4.81. The first kappa shape index (κ1) is 12.6. The van der Waals surface area contributed by atoms with Crippen molar-refractivity contribution in [1.82, 2.24) is 5.32 Å². The van der Waals surface area contributed by atoms with Gasteiger partial charge in [-0.3, -0.25) is 0 Å². The molecule has 2 heteroatoms. The first-order chi connectivity index (χ1) is 8.15. The molecule has 0 amide bonds. The average molecular weight is 234 g/mol. The monoisotopic (exact) mass is 234 g/mol. The molecule has 1 aliphatic carbocycles. The van der Waals surface area contributed by atoms with E-state index in [0.29, 0.717) is 6.04 Å². The molecule has 1 radical (unpaired) electrons. The normalized spacial score (nSPS) is 16.9. The van der Waals surface area contributed by atoms with Crippen molar-refractivity contribution in [1.29, 1.82) is 0 Å². The average Bonchev–Trinajstić information content (AvgIpc) is 2.78. The van der Waals surface area contributed by atoms with Gasteiger partial charge in [-0.25, -0.2) is 4.39 Å². The van der Waals surface area contributed by atoms with E-state index in [2.05, 4.69) is 11.4 Å². The molecule has 0 aromatic heterocycles. The first-order valence-corrected chi connectivity index (χ1v) is 6.48. The molecule has 0 unspecified atom stereocenters. The van der Waals surface area contributed by atoms with Gasteiger partial charge in [-0.1, -0.05) is 32.8 Å². The van der Waals surface area contributed by atoms with Crippen molar-refractivity contribution < 1.29 is 4.39 Å². The SMILES string of the molecule is C[C](C)c1cc(F)cc(CNC2CCCC2)c1. The number of benzene rings is 1. The van der Waals surface area contributed by atoms with Crippen LogP contribution in [0.5, 0.6) is 0 Å². The minimum absolute atomic E-state index is 0.132. The van der Waals surface area contributed by atoms with Crippen LogP contribution in [0.3, 0.4) is 0 Å². The molecule has 1 aromatic carbocycles. The molecule has 1 fully saturated rings. The van der Waals surface area contributed by atoms with Gasteiger partial charge >= 0.3 is 0 Å². The maximum Gasteiger partial charge on any atom is 0.123 e. The Morgan fingerprint density at radius 3 is 2.59 bits per heavy atom. The van der Waals surface area contributed by atoms with Crippen molar-refractivity contribution in [2.24, 2.45) is 0 Å². The van der Waals surface area contributed by atoms with Crippen LogP contribution in [0.1, 0.15) is 50.7 Å². The smallest absolute Gasteiger partial charge is 0.123 e. The van der Waals surface area contributed by atoms with E-state index in [1.54, 1.807) is 12.1 Å². The maximum atomic E-state index is 13.4. The van der Waals surface area contributed by atoms with Crippen molar-refractivity contribution in [2.45, 2.75) is 52.1 Å². The maximum absolute atomic E-state index is 13.4. The zero-order chi connectivity index (χ0) is 12.3. The van der Waals surface area contributed by atoms with Gasteiger partial charge in [-0.2, -0.15) is 0 Å². The molecule has 0 spiro atoms. The summed E-state index contributed by atoms with van der Waals surface area (Å²) in [7, 11) is 0. The molecule has 0 aliphatic heterocycles. The quantitative estimate of drug-likeness (QED) is 0.835. The number of hydrogen-bond acceptors (Lipinski definition) is 1. The van der Waals surface area contributed by atoms with Gasteiger partial charge in [-0.05, 0) is 42.0 Å². The van der Waals surface area contributed by atoms with E-state index in [1.807, 2.05) is 13.8 Å². The molecule has 0 bridgehead atoms. The van der Waals surface area contributed by atoms with Crippen LogP contribution in [-0.2, 0) is 6.54 Å². The van der Waals surface area contributed by atoms with Gasteiger partial charge in [0, 0.05) is 12.6 Å². The van der Waals surface area contributed by atoms with Crippen molar-refractivity contribution in [3.63, 3.8) is 0 Å². The van der Waals surface area contributed by atoms with Crippen LogP contribution in [0.25, 0.3) is 0 Å². The summed E-state index contributed by atoms with van der Waals surface area (Å²) < 4.78 is 13.4. The lowest BCUT2D eigenvalue weighted by molar-refractivity contribution is 0.522. The summed E-state index contributed by atoms with van der Waals surface area (Å²) in [5.74, 6) is 1.03. The van der Waals surface area contributed by atoms with E-state index in [9.17, 15) is 4.39 Å². The first-order valence-electron chi connectivity index (χ1n) is 6.48. The second-order valence-electron chi connectivity index (χ2n) is 5.21. The summed E-state index contributed by atoms with van der Waals surface area (Å²) in [6.07, 6.45) is 5.18. The predicted molar refractivity (Wildman–Crippen MR) is 69.2 cm³/mol. The highest BCUT2D eigenvalue weighted by Crippen LogP contribution is 2.20. The van der Waals surface area contributed by atoms with Crippen LogP contribution >= 0.6 is 0 Å². The predicted octanol–water partition coefficient (Wildman–Crippen LogP) is 3.82.